The number of hydrogen-bond acceptors (Lipinski definition) is 3. The van der Waals surface area contributed by atoms with E-state index in [1.165, 1.54) is 37.4 Å². The number of ether oxygens (including phenoxy) is 1. The lowest BCUT2D eigenvalue weighted by molar-refractivity contribution is 0.121. The molecule has 0 atom stereocenters. The molecule has 2 aromatic carbocycles. The van der Waals surface area contributed by atoms with Crippen molar-refractivity contribution in [2.75, 3.05) is 31.1 Å². The summed E-state index contributed by atoms with van der Waals surface area (Å²) in [5.74, 6) is 0.948. The van der Waals surface area contributed by atoms with Crippen LogP contribution < -0.4 is 15.0 Å². The van der Waals surface area contributed by atoms with Crippen LogP contribution in [-0.2, 0) is 6.61 Å². The molecule has 21 heavy (non-hydrogen) atoms. The third-order valence-electron chi connectivity index (χ3n) is 4.48. The molecule has 2 heterocycles. The van der Waals surface area contributed by atoms with Gasteiger partial charge in [-0.15, -0.1) is 0 Å². The molecule has 4 rings (SSSR count). The summed E-state index contributed by atoms with van der Waals surface area (Å²) in [6.45, 7) is 5.31. The summed E-state index contributed by atoms with van der Waals surface area (Å²) in [5.41, 5.74) is 3.03. The number of nitrogens with one attached hydrogen (secondary N) is 1. The summed E-state index contributed by atoms with van der Waals surface area (Å²) < 4.78 is 5.90. The van der Waals surface area contributed by atoms with Crippen LogP contribution in [0.25, 0.3) is 0 Å². The predicted molar refractivity (Wildman–Crippen MR) is 84.7 cm³/mol. The van der Waals surface area contributed by atoms with Crippen molar-refractivity contribution in [3.8, 4) is 5.75 Å². The van der Waals surface area contributed by atoms with Crippen LogP contribution in [0.3, 0.4) is 0 Å². The molecule has 2 saturated heterocycles. The average molecular weight is 280 g/mol. The molecule has 0 aromatic heterocycles. The summed E-state index contributed by atoms with van der Waals surface area (Å²) >= 11 is 0. The molecule has 108 valence electrons. The van der Waals surface area contributed by atoms with Crippen molar-refractivity contribution in [3.63, 3.8) is 0 Å². The van der Waals surface area contributed by atoms with Gasteiger partial charge in [0.25, 0.3) is 0 Å². The fourth-order valence-corrected chi connectivity index (χ4v) is 3.16. The van der Waals surface area contributed by atoms with Gasteiger partial charge in [0.1, 0.15) is 12.4 Å². The van der Waals surface area contributed by atoms with Gasteiger partial charge in [0.2, 0.25) is 0 Å². The van der Waals surface area contributed by atoms with Gasteiger partial charge in [-0.3, -0.25) is 0 Å². The average Bonchev–Trinajstić information content (AvgIpc) is 2.44. The zero-order valence-corrected chi connectivity index (χ0v) is 12.1. The minimum atomic E-state index is 0.556. The lowest BCUT2D eigenvalue weighted by Crippen LogP contribution is -2.71. The Morgan fingerprint density at radius 3 is 2.52 bits per heavy atom. The maximum Gasteiger partial charge on any atom is 0.121 e. The molecule has 2 aliphatic heterocycles. The van der Waals surface area contributed by atoms with Crippen LogP contribution in [0.4, 0.5) is 5.69 Å². The van der Waals surface area contributed by atoms with Gasteiger partial charge in [-0.1, -0.05) is 36.4 Å². The van der Waals surface area contributed by atoms with Crippen molar-refractivity contribution < 1.29 is 4.74 Å². The van der Waals surface area contributed by atoms with Gasteiger partial charge in [0.15, 0.2) is 0 Å². The second-order valence-corrected chi connectivity index (χ2v) is 6.23. The van der Waals surface area contributed by atoms with E-state index in [4.69, 9.17) is 4.74 Å². The normalized spacial score (nSPS) is 19.0. The molecule has 0 bridgehead atoms. The third kappa shape index (κ3) is 2.49. The first kappa shape index (κ1) is 12.7. The fourth-order valence-electron chi connectivity index (χ4n) is 3.16. The van der Waals surface area contributed by atoms with Crippen LogP contribution in [0.5, 0.6) is 5.75 Å². The van der Waals surface area contributed by atoms with Gasteiger partial charge in [0.05, 0.1) is 0 Å². The summed E-state index contributed by atoms with van der Waals surface area (Å²) in [7, 11) is 0. The van der Waals surface area contributed by atoms with Crippen LogP contribution in [0.15, 0.2) is 54.6 Å². The van der Waals surface area contributed by atoms with Gasteiger partial charge in [-0.2, -0.15) is 0 Å². The van der Waals surface area contributed by atoms with E-state index in [0.29, 0.717) is 12.0 Å². The van der Waals surface area contributed by atoms with Gasteiger partial charge in [0, 0.05) is 43.3 Å². The van der Waals surface area contributed by atoms with E-state index >= 15 is 0 Å². The van der Waals surface area contributed by atoms with Crippen molar-refractivity contribution in [3.05, 3.63) is 60.2 Å². The Hall–Kier alpha value is -2.00. The molecule has 3 heteroatoms. The lowest BCUT2D eigenvalue weighted by atomic mass is 9.74. The Morgan fingerprint density at radius 2 is 1.81 bits per heavy atom. The van der Waals surface area contributed by atoms with Crippen molar-refractivity contribution >= 4 is 5.69 Å². The number of anilines is 1. The van der Waals surface area contributed by atoms with E-state index in [1.54, 1.807) is 0 Å². The summed E-state index contributed by atoms with van der Waals surface area (Å²) in [5, 5.41) is 3.37. The van der Waals surface area contributed by atoms with Gasteiger partial charge in [-0.05, 0) is 17.7 Å². The van der Waals surface area contributed by atoms with E-state index in [2.05, 4.69) is 40.5 Å². The molecule has 0 aliphatic carbocycles. The molecule has 1 spiro atoms. The first-order valence-corrected chi connectivity index (χ1v) is 7.56. The van der Waals surface area contributed by atoms with Crippen LogP contribution >= 0.6 is 0 Å². The Balaban J connectivity index is 1.39. The second kappa shape index (κ2) is 5.08. The minimum Gasteiger partial charge on any atom is -0.489 e. The van der Waals surface area contributed by atoms with E-state index in [0.717, 1.165) is 5.75 Å². The summed E-state index contributed by atoms with van der Waals surface area (Å²) in [6, 6.07) is 18.7. The molecule has 0 radical (unpaired) electrons. The van der Waals surface area contributed by atoms with Crippen molar-refractivity contribution in [1.29, 1.82) is 0 Å². The van der Waals surface area contributed by atoms with Gasteiger partial charge >= 0.3 is 0 Å². The number of rotatable bonds is 4. The standard InChI is InChI=1S/C18H20N2O/c1-2-5-15(6-3-1)10-21-17-8-4-7-16(9-17)20-13-18(14-20)11-19-12-18/h1-9,19H,10-14H2. The Bertz CT molecular complexity index is 614. The highest BCUT2D eigenvalue weighted by atomic mass is 16.5. The van der Waals surface area contributed by atoms with Crippen LogP contribution in [0.2, 0.25) is 0 Å². The highest BCUT2D eigenvalue weighted by Crippen LogP contribution is 2.38. The smallest absolute Gasteiger partial charge is 0.121 e. The first-order valence-electron chi connectivity index (χ1n) is 7.56. The topological polar surface area (TPSA) is 24.5 Å². The van der Waals surface area contributed by atoms with Crippen LogP contribution in [0, 0.1) is 5.41 Å². The fraction of sp³-hybridized carbons (Fsp3) is 0.333. The molecular weight excluding hydrogens is 260 g/mol. The van der Waals surface area contributed by atoms with Crippen molar-refractivity contribution in [1.82, 2.24) is 5.32 Å². The van der Waals surface area contributed by atoms with E-state index in [-0.39, 0.29) is 0 Å². The van der Waals surface area contributed by atoms with Gasteiger partial charge < -0.3 is 15.0 Å². The quantitative estimate of drug-likeness (QED) is 0.932. The molecular formula is C18H20N2O. The second-order valence-electron chi connectivity index (χ2n) is 6.23. The lowest BCUT2D eigenvalue weighted by Gasteiger charge is -2.57. The maximum absolute atomic E-state index is 5.90. The Labute approximate surface area is 125 Å². The molecule has 1 N–H and O–H groups in total. The monoisotopic (exact) mass is 280 g/mol. The SMILES string of the molecule is c1ccc(COc2cccc(N3CC4(CNC4)C3)c2)cc1. The van der Waals surface area contributed by atoms with Crippen LogP contribution in [0.1, 0.15) is 5.56 Å². The summed E-state index contributed by atoms with van der Waals surface area (Å²) in [6.07, 6.45) is 0. The van der Waals surface area contributed by atoms with Crippen molar-refractivity contribution in [2.24, 2.45) is 5.41 Å². The third-order valence-corrected chi connectivity index (χ3v) is 4.48. The molecule has 0 saturated carbocycles. The number of benzene rings is 2. The molecule has 2 aliphatic rings. The first-order chi connectivity index (χ1) is 10.3. The minimum absolute atomic E-state index is 0.556. The largest absolute Gasteiger partial charge is 0.489 e. The maximum atomic E-state index is 5.90. The Kier molecular flexibility index (Phi) is 3.08. The van der Waals surface area contributed by atoms with Crippen LogP contribution in [-0.4, -0.2) is 26.2 Å². The van der Waals surface area contributed by atoms with Crippen molar-refractivity contribution in [2.45, 2.75) is 6.61 Å². The Morgan fingerprint density at radius 1 is 1.00 bits per heavy atom. The highest BCUT2D eigenvalue weighted by molar-refractivity contribution is 5.54. The molecule has 2 aromatic rings. The van der Waals surface area contributed by atoms with Gasteiger partial charge in [-0.25, -0.2) is 0 Å². The number of nitrogens with zero attached hydrogens (tertiary/aromatic N) is 1. The van der Waals surface area contributed by atoms with E-state index in [9.17, 15) is 0 Å². The molecule has 2 fully saturated rings. The van der Waals surface area contributed by atoms with E-state index in [1.807, 2.05) is 24.3 Å². The predicted octanol–water partition coefficient (Wildman–Crippen LogP) is 2.68. The number of hydrogen-bond donors (Lipinski definition) is 1. The van der Waals surface area contributed by atoms with E-state index < -0.39 is 0 Å². The zero-order chi connectivity index (χ0) is 14.1. The molecule has 3 nitrogen and oxygen atoms in total. The highest BCUT2D eigenvalue weighted by Gasteiger charge is 2.47. The zero-order valence-electron chi connectivity index (χ0n) is 12.1. The summed E-state index contributed by atoms with van der Waals surface area (Å²) in [4.78, 5) is 2.44. The molecule has 0 unspecified atom stereocenters. The molecule has 0 amide bonds.